The zero-order valence-corrected chi connectivity index (χ0v) is 12.6. The third kappa shape index (κ3) is 2.82. The van der Waals surface area contributed by atoms with E-state index in [4.69, 9.17) is 4.98 Å². The van der Waals surface area contributed by atoms with Crippen LogP contribution in [0.3, 0.4) is 0 Å². The van der Waals surface area contributed by atoms with E-state index in [0.29, 0.717) is 0 Å². The average molecular weight is 323 g/mol. The van der Waals surface area contributed by atoms with Crippen molar-refractivity contribution in [2.24, 2.45) is 0 Å². The predicted octanol–water partition coefficient (Wildman–Crippen LogP) is 4.13. The van der Waals surface area contributed by atoms with Crippen molar-refractivity contribution >= 4 is 27.3 Å². The van der Waals surface area contributed by atoms with E-state index >= 15 is 0 Å². The van der Waals surface area contributed by atoms with E-state index in [9.17, 15) is 0 Å². The van der Waals surface area contributed by atoms with Crippen molar-refractivity contribution in [3.63, 3.8) is 0 Å². The molecule has 1 heterocycles. The lowest BCUT2D eigenvalue weighted by atomic mass is 10.1. The van der Waals surface area contributed by atoms with Crippen LogP contribution >= 0.6 is 27.3 Å². The Balaban J connectivity index is 1.80. The standard InChI is InChI=1S/C14H15BrN2S/c1-9-14(10-2-4-11(15)5-3-10)17-13(18-9)8-16-12-6-7-12/h2-5,12,16H,6-8H2,1H3. The number of rotatable bonds is 4. The van der Waals surface area contributed by atoms with Gasteiger partial charge in [-0.25, -0.2) is 4.98 Å². The molecule has 0 amide bonds. The van der Waals surface area contributed by atoms with Crippen LogP contribution in [-0.4, -0.2) is 11.0 Å². The Hall–Kier alpha value is -0.710. The molecule has 1 aromatic heterocycles. The first-order chi connectivity index (χ1) is 8.72. The average Bonchev–Trinajstić information content (AvgIpc) is 3.12. The number of halogens is 1. The molecule has 0 aliphatic heterocycles. The molecule has 1 saturated carbocycles. The maximum atomic E-state index is 4.75. The maximum Gasteiger partial charge on any atom is 0.107 e. The lowest BCUT2D eigenvalue weighted by Crippen LogP contribution is -2.14. The van der Waals surface area contributed by atoms with E-state index in [-0.39, 0.29) is 0 Å². The van der Waals surface area contributed by atoms with Crippen LogP contribution in [0.15, 0.2) is 28.7 Å². The number of nitrogens with zero attached hydrogens (tertiary/aromatic N) is 1. The fourth-order valence-corrected chi connectivity index (χ4v) is 3.09. The van der Waals surface area contributed by atoms with Crippen molar-refractivity contribution in [2.75, 3.05) is 0 Å². The molecule has 0 bridgehead atoms. The van der Waals surface area contributed by atoms with Crippen LogP contribution < -0.4 is 5.32 Å². The van der Waals surface area contributed by atoms with Gasteiger partial charge in [0.05, 0.1) is 5.69 Å². The third-order valence-electron chi connectivity index (χ3n) is 3.08. The maximum absolute atomic E-state index is 4.75. The Kier molecular flexibility index (Phi) is 3.50. The molecule has 0 unspecified atom stereocenters. The zero-order valence-electron chi connectivity index (χ0n) is 10.2. The van der Waals surface area contributed by atoms with Crippen LogP contribution in [0.4, 0.5) is 0 Å². The first-order valence-corrected chi connectivity index (χ1v) is 7.79. The van der Waals surface area contributed by atoms with Crippen LogP contribution in [0.5, 0.6) is 0 Å². The molecule has 1 fully saturated rings. The fraction of sp³-hybridized carbons (Fsp3) is 0.357. The Morgan fingerprint density at radius 1 is 1.33 bits per heavy atom. The van der Waals surface area contributed by atoms with Gasteiger partial charge in [-0.05, 0) is 31.9 Å². The number of aryl methyl sites for hydroxylation is 1. The zero-order chi connectivity index (χ0) is 12.5. The highest BCUT2D eigenvalue weighted by Gasteiger charge is 2.21. The van der Waals surface area contributed by atoms with Gasteiger partial charge >= 0.3 is 0 Å². The highest BCUT2D eigenvalue weighted by Crippen LogP contribution is 2.29. The molecule has 94 valence electrons. The number of hydrogen-bond donors (Lipinski definition) is 1. The molecule has 0 saturated heterocycles. The van der Waals surface area contributed by atoms with Crippen molar-refractivity contribution < 1.29 is 0 Å². The normalized spacial score (nSPS) is 15.0. The van der Waals surface area contributed by atoms with Gasteiger partial charge in [0.15, 0.2) is 0 Å². The molecule has 1 aliphatic carbocycles. The van der Waals surface area contributed by atoms with Crippen LogP contribution in [0.25, 0.3) is 11.3 Å². The summed E-state index contributed by atoms with van der Waals surface area (Å²) in [6.45, 7) is 3.06. The highest BCUT2D eigenvalue weighted by atomic mass is 79.9. The summed E-state index contributed by atoms with van der Waals surface area (Å²) >= 11 is 5.26. The van der Waals surface area contributed by atoms with E-state index in [1.807, 2.05) is 0 Å². The molecule has 1 N–H and O–H groups in total. The summed E-state index contributed by atoms with van der Waals surface area (Å²) in [5.74, 6) is 0. The van der Waals surface area contributed by atoms with Crippen LogP contribution in [0, 0.1) is 6.92 Å². The molecular formula is C14H15BrN2S. The van der Waals surface area contributed by atoms with Gasteiger partial charge < -0.3 is 5.32 Å². The molecule has 0 spiro atoms. The molecule has 1 aliphatic rings. The van der Waals surface area contributed by atoms with Crippen LogP contribution in [0.1, 0.15) is 22.7 Å². The lowest BCUT2D eigenvalue weighted by Gasteiger charge is -1.99. The summed E-state index contributed by atoms with van der Waals surface area (Å²) < 4.78 is 1.11. The van der Waals surface area contributed by atoms with E-state index in [0.717, 1.165) is 22.8 Å². The van der Waals surface area contributed by atoms with Crippen LogP contribution in [-0.2, 0) is 6.54 Å². The molecule has 18 heavy (non-hydrogen) atoms. The van der Waals surface area contributed by atoms with Crippen molar-refractivity contribution in [3.05, 3.63) is 38.6 Å². The number of benzene rings is 1. The van der Waals surface area contributed by atoms with Gasteiger partial charge in [-0.3, -0.25) is 0 Å². The third-order valence-corrected chi connectivity index (χ3v) is 4.58. The van der Waals surface area contributed by atoms with Crippen molar-refractivity contribution in [3.8, 4) is 11.3 Å². The number of aromatic nitrogens is 1. The minimum atomic E-state index is 0.741. The summed E-state index contributed by atoms with van der Waals surface area (Å²) in [7, 11) is 0. The molecule has 4 heteroatoms. The summed E-state index contributed by atoms with van der Waals surface area (Å²) in [4.78, 5) is 6.05. The van der Waals surface area contributed by atoms with Gasteiger partial charge in [0, 0.05) is 27.5 Å². The second-order valence-electron chi connectivity index (χ2n) is 4.67. The first-order valence-electron chi connectivity index (χ1n) is 6.18. The number of hydrogen-bond acceptors (Lipinski definition) is 3. The molecule has 1 aromatic carbocycles. The number of thiazole rings is 1. The molecular weight excluding hydrogens is 308 g/mol. The van der Waals surface area contributed by atoms with Crippen molar-refractivity contribution in [2.45, 2.75) is 32.4 Å². The minimum absolute atomic E-state index is 0.741. The molecule has 2 nitrogen and oxygen atoms in total. The van der Waals surface area contributed by atoms with Crippen molar-refractivity contribution in [1.29, 1.82) is 0 Å². The summed E-state index contributed by atoms with van der Waals surface area (Å²) in [5, 5.41) is 4.71. The molecule has 0 radical (unpaired) electrons. The Morgan fingerprint density at radius 2 is 2.06 bits per heavy atom. The number of nitrogens with one attached hydrogen (secondary N) is 1. The van der Waals surface area contributed by atoms with E-state index in [1.165, 1.54) is 28.3 Å². The molecule has 3 rings (SSSR count). The highest BCUT2D eigenvalue weighted by molar-refractivity contribution is 9.10. The van der Waals surface area contributed by atoms with E-state index < -0.39 is 0 Å². The fourth-order valence-electron chi connectivity index (χ4n) is 1.92. The van der Waals surface area contributed by atoms with Gasteiger partial charge in [0.1, 0.15) is 5.01 Å². The summed E-state index contributed by atoms with van der Waals surface area (Å²) in [6.07, 6.45) is 2.65. The second-order valence-corrected chi connectivity index (χ2v) is 6.88. The second kappa shape index (κ2) is 5.11. The summed E-state index contributed by atoms with van der Waals surface area (Å²) in [5.41, 5.74) is 2.32. The van der Waals surface area contributed by atoms with Gasteiger partial charge in [-0.15, -0.1) is 11.3 Å². The SMILES string of the molecule is Cc1sc(CNC2CC2)nc1-c1ccc(Br)cc1. The van der Waals surface area contributed by atoms with Gasteiger partial charge in [0.25, 0.3) is 0 Å². The first kappa shape index (κ1) is 12.3. The van der Waals surface area contributed by atoms with E-state index in [2.05, 4.69) is 52.4 Å². The summed E-state index contributed by atoms with van der Waals surface area (Å²) in [6, 6.07) is 9.10. The smallest absolute Gasteiger partial charge is 0.107 e. The van der Waals surface area contributed by atoms with Gasteiger partial charge in [-0.1, -0.05) is 28.1 Å². The monoisotopic (exact) mass is 322 g/mol. The molecule has 2 aromatic rings. The van der Waals surface area contributed by atoms with Gasteiger partial charge in [0.2, 0.25) is 0 Å². The lowest BCUT2D eigenvalue weighted by molar-refractivity contribution is 0.685. The Morgan fingerprint density at radius 3 is 2.72 bits per heavy atom. The predicted molar refractivity (Wildman–Crippen MR) is 79.8 cm³/mol. The van der Waals surface area contributed by atoms with Crippen LogP contribution in [0.2, 0.25) is 0 Å². The topological polar surface area (TPSA) is 24.9 Å². The Bertz CT molecular complexity index is 543. The minimum Gasteiger partial charge on any atom is -0.308 e. The van der Waals surface area contributed by atoms with E-state index in [1.54, 1.807) is 11.3 Å². The van der Waals surface area contributed by atoms with Gasteiger partial charge in [-0.2, -0.15) is 0 Å². The largest absolute Gasteiger partial charge is 0.308 e. The molecule has 0 atom stereocenters. The Labute approximate surface area is 120 Å². The quantitative estimate of drug-likeness (QED) is 0.915. The van der Waals surface area contributed by atoms with Crippen molar-refractivity contribution in [1.82, 2.24) is 10.3 Å².